The first-order valence-corrected chi connectivity index (χ1v) is 7.41. The van der Waals surface area contributed by atoms with Crippen LogP contribution in [0.4, 0.5) is 0 Å². The second-order valence-corrected chi connectivity index (χ2v) is 5.89. The largest absolute Gasteiger partial charge is 0.314 e. The van der Waals surface area contributed by atoms with Crippen molar-refractivity contribution in [2.24, 2.45) is 13.0 Å². The van der Waals surface area contributed by atoms with Crippen LogP contribution >= 0.6 is 11.6 Å². The molecule has 102 valence electrons. The van der Waals surface area contributed by atoms with Crippen LogP contribution in [0.3, 0.4) is 0 Å². The predicted molar refractivity (Wildman–Crippen MR) is 76.1 cm³/mol. The number of nitrogens with zero attached hydrogens (tertiary/aromatic N) is 2. The molecule has 3 nitrogen and oxygen atoms in total. The minimum Gasteiger partial charge on any atom is -0.314 e. The molecule has 18 heavy (non-hydrogen) atoms. The van der Waals surface area contributed by atoms with Crippen LogP contribution in [0, 0.1) is 12.8 Å². The van der Waals surface area contributed by atoms with E-state index in [1.807, 2.05) is 18.7 Å². The van der Waals surface area contributed by atoms with E-state index in [9.17, 15) is 0 Å². The fourth-order valence-corrected chi connectivity index (χ4v) is 2.72. The van der Waals surface area contributed by atoms with Gasteiger partial charge in [-0.1, -0.05) is 24.9 Å². The van der Waals surface area contributed by atoms with Crippen molar-refractivity contribution in [1.82, 2.24) is 15.1 Å². The van der Waals surface area contributed by atoms with Gasteiger partial charge in [-0.05, 0) is 45.1 Å². The Hall–Kier alpha value is -0.540. The number of halogens is 1. The Morgan fingerprint density at radius 2 is 2.22 bits per heavy atom. The highest BCUT2D eigenvalue weighted by atomic mass is 35.5. The second-order valence-electron chi connectivity index (χ2n) is 5.51. The summed E-state index contributed by atoms with van der Waals surface area (Å²) in [5.74, 6) is 0.669. The molecule has 1 aliphatic carbocycles. The van der Waals surface area contributed by atoms with Gasteiger partial charge in [0.1, 0.15) is 0 Å². The van der Waals surface area contributed by atoms with E-state index in [1.54, 1.807) is 0 Å². The van der Waals surface area contributed by atoms with Gasteiger partial charge in [0.2, 0.25) is 0 Å². The first kappa shape index (κ1) is 13.9. The molecule has 1 saturated carbocycles. The number of rotatable bonds is 7. The fraction of sp³-hybridized carbons (Fsp3) is 0.786. The SMILES string of the molecule is CCCC(CNC1CC1)Cc1c(Cl)c(C)nn1C. The first-order chi connectivity index (χ1) is 8.61. The van der Waals surface area contributed by atoms with Gasteiger partial charge in [-0.25, -0.2) is 0 Å². The third-order valence-electron chi connectivity index (χ3n) is 3.71. The Bertz CT molecular complexity index is 396. The lowest BCUT2D eigenvalue weighted by Crippen LogP contribution is -2.26. The minimum atomic E-state index is 0.669. The van der Waals surface area contributed by atoms with Crippen molar-refractivity contribution in [3.63, 3.8) is 0 Å². The highest BCUT2D eigenvalue weighted by molar-refractivity contribution is 6.31. The van der Waals surface area contributed by atoms with Crippen molar-refractivity contribution in [2.45, 2.75) is 52.0 Å². The van der Waals surface area contributed by atoms with E-state index >= 15 is 0 Å². The molecular weight excluding hydrogens is 246 g/mol. The number of hydrogen-bond acceptors (Lipinski definition) is 2. The smallest absolute Gasteiger partial charge is 0.0847 e. The molecule has 0 saturated heterocycles. The van der Waals surface area contributed by atoms with Crippen molar-refractivity contribution in [2.75, 3.05) is 6.54 Å². The topological polar surface area (TPSA) is 29.9 Å². The summed E-state index contributed by atoms with van der Waals surface area (Å²) in [4.78, 5) is 0. The molecule has 1 unspecified atom stereocenters. The highest BCUT2D eigenvalue weighted by Gasteiger charge is 2.23. The molecule has 1 heterocycles. The average Bonchev–Trinajstić information content (AvgIpc) is 3.11. The molecule has 0 aliphatic heterocycles. The maximum absolute atomic E-state index is 6.33. The molecular formula is C14H24ClN3. The zero-order valence-electron chi connectivity index (χ0n) is 11.7. The number of aryl methyl sites for hydroxylation is 2. The Balaban J connectivity index is 1.97. The average molecular weight is 270 g/mol. The van der Waals surface area contributed by atoms with Gasteiger partial charge < -0.3 is 5.32 Å². The van der Waals surface area contributed by atoms with Crippen LogP contribution in [0.5, 0.6) is 0 Å². The lowest BCUT2D eigenvalue weighted by molar-refractivity contribution is 0.427. The molecule has 1 aromatic rings. The molecule has 0 bridgehead atoms. The molecule has 0 spiro atoms. The van der Waals surface area contributed by atoms with Crippen molar-refractivity contribution in [3.8, 4) is 0 Å². The summed E-state index contributed by atoms with van der Waals surface area (Å²) in [6.45, 7) is 5.34. The molecule has 1 aromatic heterocycles. The number of nitrogens with one attached hydrogen (secondary N) is 1. The second kappa shape index (κ2) is 6.07. The van der Waals surface area contributed by atoms with Crippen LogP contribution in [0.15, 0.2) is 0 Å². The third-order valence-corrected chi connectivity index (χ3v) is 4.20. The van der Waals surface area contributed by atoms with Gasteiger partial charge >= 0.3 is 0 Å². The van der Waals surface area contributed by atoms with Crippen LogP contribution < -0.4 is 5.32 Å². The van der Waals surface area contributed by atoms with E-state index in [1.165, 1.54) is 31.4 Å². The van der Waals surface area contributed by atoms with Gasteiger partial charge in [0, 0.05) is 13.1 Å². The van der Waals surface area contributed by atoms with Gasteiger partial charge in [0.05, 0.1) is 16.4 Å². The summed E-state index contributed by atoms with van der Waals surface area (Å²) in [7, 11) is 1.99. The molecule has 1 N–H and O–H groups in total. The van der Waals surface area contributed by atoms with Gasteiger partial charge in [-0.2, -0.15) is 5.10 Å². The van der Waals surface area contributed by atoms with Crippen LogP contribution in [0.25, 0.3) is 0 Å². The first-order valence-electron chi connectivity index (χ1n) is 7.03. The molecule has 1 aliphatic rings. The molecule has 4 heteroatoms. The van der Waals surface area contributed by atoms with Crippen molar-refractivity contribution in [1.29, 1.82) is 0 Å². The van der Waals surface area contributed by atoms with E-state index < -0.39 is 0 Å². The molecule has 1 fully saturated rings. The van der Waals surface area contributed by atoms with Crippen LogP contribution in [0.1, 0.15) is 44.0 Å². The van der Waals surface area contributed by atoms with Gasteiger partial charge in [-0.15, -0.1) is 0 Å². The van der Waals surface area contributed by atoms with Crippen LogP contribution in [-0.4, -0.2) is 22.4 Å². The van der Waals surface area contributed by atoms with E-state index in [2.05, 4.69) is 17.3 Å². The van der Waals surface area contributed by atoms with E-state index in [4.69, 9.17) is 11.6 Å². The third kappa shape index (κ3) is 3.48. The van der Waals surface area contributed by atoms with Crippen molar-refractivity contribution >= 4 is 11.6 Å². The van der Waals surface area contributed by atoms with Gasteiger partial charge in [0.25, 0.3) is 0 Å². The Labute approximate surface area is 115 Å². The zero-order chi connectivity index (χ0) is 13.1. The summed E-state index contributed by atoms with van der Waals surface area (Å²) >= 11 is 6.33. The molecule has 0 aromatic carbocycles. The minimum absolute atomic E-state index is 0.669. The fourth-order valence-electron chi connectivity index (χ4n) is 2.48. The van der Waals surface area contributed by atoms with Crippen LogP contribution in [-0.2, 0) is 13.5 Å². The maximum atomic E-state index is 6.33. The normalized spacial score (nSPS) is 17.1. The molecule has 0 radical (unpaired) electrons. The monoisotopic (exact) mass is 269 g/mol. The lowest BCUT2D eigenvalue weighted by Gasteiger charge is -2.17. The Kier molecular flexibility index (Phi) is 4.68. The zero-order valence-corrected chi connectivity index (χ0v) is 12.4. The Morgan fingerprint density at radius 3 is 2.72 bits per heavy atom. The number of aromatic nitrogens is 2. The van der Waals surface area contributed by atoms with E-state index in [0.29, 0.717) is 5.92 Å². The standard InChI is InChI=1S/C14H24ClN3/c1-4-5-11(9-16-12-6-7-12)8-13-14(15)10(2)17-18(13)3/h11-12,16H,4-9H2,1-3H3. The molecule has 2 rings (SSSR count). The van der Waals surface area contributed by atoms with Crippen molar-refractivity contribution < 1.29 is 0 Å². The summed E-state index contributed by atoms with van der Waals surface area (Å²) in [6.07, 6.45) is 6.21. The summed E-state index contributed by atoms with van der Waals surface area (Å²) in [5, 5.41) is 8.88. The van der Waals surface area contributed by atoms with Gasteiger partial charge in [-0.3, -0.25) is 4.68 Å². The summed E-state index contributed by atoms with van der Waals surface area (Å²) < 4.78 is 1.94. The van der Waals surface area contributed by atoms with Crippen molar-refractivity contribution in [3.05, 3.63) is 16.4 Å². The molecule has 0 amide bonds. The summed E-state index contributed by atoms with van der Waals surface area (Å²) in [6, 6.07) is 0.785. The molecule has 1 atom stereocenters. The van der Waals surface area contributed by atoms with E-state index in [0.717, 1.165) is 29.7 Å². The predicted octanol–water partition coefficient (Wildman–Crippen LogP) is 3.09. The van der Waals surface area contributed by atoms with Gasteiger partial charge in [0.15, 0.2) is 0 Å². The summed E-state index contributed by atoms with van der Waals surface area (Å²) in [5.41, 5.74) is 2.13. The number of hydrogen-bond donors (Lipinski definition) is 1. The Morgan fingerprint density at radius 1 is 1.50 bits per heavy atom. The maximum Gasteiger partial charge on any atom is 0.0847 e. The highest BCUT2D eigenvalue weighted by Crippen LogP contribution is 2.25. The van der Waals surface area contributed by atoms with E-state index in [-0.39, 0.29) is 0 Å². The lowest BCUT2D eigenvalue weighted by atomic mass is 9.97. The van der Waals surface area contributed by atoms with Crippen LogP contribution in [0.2, 0.25) is 5.02 Å². The quantitative estimate of drug-likeness (QED) is 0.824.